The maximum atomic E-state index is 12.6. The molecule has 25 heavy (non-hydrogen) atoms. The van der Waals surface area contributed by atoms with Crippen molar-refractivity contribution in [3.63, 3.8) is 0 Å². The van der Waals surface area contributed by atoms with Crippen LogP contribution < -0.4 is 5.32 Å². The average molecular weight is 357 g/mol. The lowest BCUT2D eigenvalue weighted by atomic mass is 9.88. The Labute approximate surface area is 152 Å². The molecule has 5 heteroatoms. The van der Waals surface area contributed by atoms with E-state index in [2.05, 4.69) is 12.2 Å². The van der Waals surface area contributed by atoms with Crippen molar-refractivity contribution < 1.29 is 14.3 Å². The van der Waals surface area contributed by atoms with Gasteiger partial charge in [0.2, 0.25) is 0 Å². The number of ether oxygens (including phenoxy) is 1. The molecule has 3 rings (SSSR count). The fraction of sp³-hybridized carbons (Fsp3) is 0.400. The lowest BCUT2D eigenvalue weighted by molar-refractivity contribution is 0.0505. The van der Waals surface area contributed by atoms with Crippen molar-refractivity contribution in [1.29, 1.82) is 0 Å². The fourth-order valence-corrected chi connectivity index (χ4v) is 4.48. The van der Waals surface area contributed by atoms with Crippen LogP contribution in [0.4, 0.5) is 5.00 Å². The normalized spacial score (nSPS) is 16.2. The van der Waals surface area contributed by atoms with Crippen LogP contribution in [-0.2, 0) is 17.6 Å². The Hall–Kier alpha value is -2.14. The molecule has 4 nitrogen and oxygen atoms in total. The smallest absolute Gasteiger partial charge is 0.341 e. The molecule has 0 spiro atoms. The topological polar surface area (TPSA) is 55.4 Å². The monoisotopic (exact) mass is 357 g/mol. The van der Waals surface area contributed by atoms with E-state index in [1.54, 1.807) is 12.1 Å². The number of amides is 1. The molecule has 1 amide bonds. The average Bonchev–Trinajstić information content (AvgIpc) is 2.97. The molecule has 1 aliphatic rings. The van der Waals surface area contributed by atoms with E-state index in [1.165, 1.54) is 16.2 Å². The van der Waals surface area contributed by atoms with Gasteiger partial charge in [0.1, 0.15) is 5.00 Å². The lowest BCUT2D eigenvalue weighted by Crippen LogP contribution is -2.17. The van der Waals surface area contributed by atoms with Crippen LogP contribution in [0.2, 0.25) is 0 Å². The summed E-state index contributed by atoms with van der Waals surface area (Å²) >= 11 is 1.52. The van der Waals surface area contributed by atoms with Gasteiger partial charge in [0.05, 0.1) is 12.2 Å². The highest BCUT2D eigenvalue weighted by Crippen LogP contribution is 2.40. The van der Waals surface area contributed by atoms with Gasteiger partial charge >= 0.3 is 5.97 Å². The standard InChI is InChI=1S/C20H23NO3S/c1-3-11-24-20(23)17-15-10-9-13(2)12-16(15)25-19(17)21-18(22)14-7-5-4-6-8-14/h4-8,13H,3,9-12H2,1-2H3,(H,21,22). The summed E-state index contributed by atoms with van der Waals surface area (Å²) in [5.74, 6) is 0.0809. The Morgan fingerprint density at radius 2 is 2.04 bits per heavy atom. The molecular formula is C20H23NO3S. The summed E-state index contributed by atoms with van der Waals surface area (Å²) in [4.78, 5) is 26.3. The second kappa shape index (κ2) is 7.83. The van der Waals surface area contributed by atoms with E-state index in [4.69, 9.17) is 4.74 Å². The number of fused-ring (bicyclic) bond motifs is 1. The number of nitrogens with one attached hydrogen (secondary N) is 1. The number of benzene rings is 1. The minimum atomic E-state index is -0.322. The first-order valence-corrected chi connectivity index (χ1v) is 9.59. The van der Waals surface area contributed by atoms with Gasteiger partial charge in [-0.15, -0.1) is 11.3 Å². The highest BCUT2D eigenvalue weighted by atomic mass is 32.1. The van der Waals surface area contributed by atoms with Gasteiger partial charge in [0.25, 0.3) is 5.91 Å². The third-order valence-electron chi connectivity index (χ3n) is 4.42. The summed E-state index contributed by atoms with van der Waals surface area (Å²) in [6.45, 7) is 4.59. The van der Waals surface area contributed by atoms with Crippen molar-refractivity contribution >= 4 is 28.2 Å². The van der Waals surface area contributed by atoms with Gasteiger partial charge in [0, 0.05) is 10.4 Å². The minimum Gasteiger partial charge on any atom is -0.462 e. The molecule has 1 aromatic carbocycles. The van der Waals surface area contributed by atoms with E-state index < -0.39 is 0 Å². The number of carbonyl (C=O) groups excluding carboxylic acids is 2. The van der Waals surface area contributed by atoms with Gasteiger partial charge in [0.15, 0.2) is 0 Å². The van der Waals surface area contributed by atoms with Crippen LogP contribution in [0.5, 0.6) is 0 Å². The van der Waals surface area contributed by atoms with Crippen LogP contribution in [0.15, 0.2) is 30.3 Å². The molecule has 132 valence electrons. The molecule has 2 aromatic rings. The third-order valence-corrected chi connectivity index (χ3v) is 5.59. The van der Waals surface area contributed by atoms with Gasteiger partial charge in [-0.05, 0) is 49.3 Å². The van der Waals surface area contributed by atoms with Gasteiger partial charge in [-0.1, -0.05) is 32.0 Å². The number of hydrogen-bond acceptors (Lipinski definition) is 4. The summed E-state index contributed by atoms with van der Waals surface area (Å²) in [6, 6.07) is 9.05. The molecular weight excluding hydrogens is 334 g/mol. The van der Waals surface area contributed by atoms with Crippen LogP contribution in [0.1, 0.15) is 57.8 Å². The Morgan fingerprint density at radius 3 is 2.76 bits per heavy atom. The molecule has 1 aromatic heterocycles. The van der Waals surface area contributed by atoms with Gasteiger partial charge < -0.3 is 10.1 Å². The number of anilines is 1. The van der Waals surface area contributed by atoms with Crippen LogP contribution in [0.3, 0.4) is 0 Å². The molecule has 0 fully saturated rings. The van der Waals surface area contributed by atoms with E-state index >= 15 is 0 Å². The maximum absolute atomic E-state index is 12.6. The van der Waals surface area contributed by atoms with E-state index in [0.717, 1.165) is 31.2 Å². The number of carbonyl (C=O) groups is 2. The van der Waals surface area contributed by atoms with Crippen molar-refractivity contribution in [3.05, 3.63) is 51.9 Å². The molecule has 0 bridgehead atoms. The molecule has 1 N–H and O–H groups in total. The van der Waals surface area contributed by atoms with Crippen LogP contribution in [0, 0.1) is 5.92 Å². The lowest BCUT2D eigenvalue weighted by Gasteiger charge is -2.18. The second-order valence-electron chi connectivity index (χ2n) is 6.51. The zero-order chi connectivity index (χ0) is 17.8. The van der Waals surface area contributed by atoms with E-state index in [0.29, 0.717) is 28.7 Å². The predicted octanol–water partition coefficient (Wildman–Crippen LogP) is 4.69. The summed E-state index contributed by atoms with van der Waals surface area (Å²) in [5.41, 5.74) is 2.20. The quantitative estimate of drug-likeness (QED) is 0.790. The molecule has 1 unspecified atom stereocenters. The highest BCUT2D eigenvalue weighted by molar-refractivity contribution is 7.17. The van der Waals surface area contributed by atoms with Gasteiger partial charge in [-0.2, -0.15) is 0 Å². The molecule has 0 aliphatic heterocycles. The number of esters is 1. The highest BCUT2D eigenvalue weighted by Gasteiger charge is 2.29. The SMILES string of the molecule is CCCOC(=O)c1c(NC(=O)c2ccccc2)sc2c1CCC(C)C2. The molecule has 1 heterocycles. The maximum Gasteiger partial charge on any atom is 0.341 e. The zero-order valence-corrected chi connectivity index (χ0v) is 15.4. The fourth-order valence-electron chi connectivity index (χ4n) is 3.09. The first-order valence-electron chi connectivity index (χ1n) is 8.78. The molecule has 0 saturated carbocycles. The molecule has 0 saturated heterocycles. The number of rotatable bonds is 5. The van der Waals surface area contributed by atoms with E-state index in [9.17, 15) is 9.59 Å². The van der Waals surface area contributed by atoms with E-state index in [-0.39, 0.29) is 11.9 Å². The van der Waals surface area contributed by atoms with Crippen molar-refractivity contribution in [3.8, 4) is 0 Å². The summed E-state index contributed by atoms with van der Waals surface area (Å²) in [5, 5.41) is 3.55. The van der Waals surface area contributed by atoms with Crippen LogP contribution >= 0.6 is 11.3 Å². The predicted molar refractivity (Wildman–Crippen MR) is 100 cm³/mol. The number of hydrogen-bond donors (Lipinski definition) is 1. The van der Waals surface area contributed by atoms with Crippen LogP contribution in [0.25, 0.3) is 0 Å². The largest absolute Gasteiger partial charge is 0.462 e. The van der Waals surface area contributed by atoms with E-state index in [1.807, 2.05) is 25.1 Å². The Bertz CT molecular complexity index is 767. The second-order valence-corrected chi connectivity index (χ2v) is 7.62. The minimum absolute atomic E-state index is 0.197. The molecule has 1 atom stereocenters. The van der Waals surface area contributed by atoms with Crippen molar-refractivity contribution in [2.24, 2.45) is 5.92 Å². The summed E-state index contributed by atoms with van der Waals surface area (Å²) in [7, 11) is 0. The first kappa shape index (κ1) is 17.7. The van der Waals surface area contributed by atoms with Gasteiger partial charge in [-0.3, -0.25) is 4.79 Å². The van der Waals surface area contributed by atoms with Crippen molar-refractivity contribution in [2.45, 2.75) is 39.5 Å². The van der Waals surface area contributed by atoms with Crippen molar-refractivity contribution in [2.75, 3.05) is 11.9 Å². The number of thiophene rings is 1. The Kier molecular flexibility index (Phi) is 5.53. The van der Waals surface area contributed by atoms with Crippen LogP contribution in [-0.4, -0.2) is 18.5 Å². The first-order chi connectivity index (χ1) is 12.1. The Balaban J connectivity index is 1.92. The summed E-state index contributed by atoms with van der Waals surface area (Å²) < 4.78 is 5.37. The summed E-state index contributed by atoms with van der Waals surface area (Å²) in [6.07, 6.45) is 3.66. The zero-order valence-electron chi connectivity index (χ0n) is 14.6. The van der Waals surface area contributed by atoms with Crippen molar-refractivity contribution in [1.82, 2.24) is 0 Å². The van der Waals surface area contributed by atoms with Gasteiger partial charge in [-0.25, -0.2) is 4.79 Å². The molecule has 1 aliphatic carbocycles. The molecule has 0 radical (unpaired) electrons. The Morgan fingerprint density at radius 1 is 1.28 bits per heavy atom. The third kappa shape index (κ3) is 3.93.